The molecule has 0 saturated carbocycles. The minimum Gasteiger partial charge on any atom is -0.340 e. The van der Waals surface area contributed by atoms with Crippen molar-refractivity contribution in [2.75, 3.05) is 13.1 Å². The number of carbonyl (C=O) groups is 1. The highest BCUT2D eigenvalue weighted by molar-refractivity contribution is 5.48. The maximum absolute atomic E-state index is 10.3. The van der Waals surface area contributed by atoms with Crippen LogP contribution in [0.15, 0.2) is 5.18 Å². The van der Waals surface area contributed by atoms with Gasteiger partial charge < -0.3 is 4.90 Å². The van der Waals surface area contributed by atoms with Gasteiger partial charge in [0, 0.05) is 6.54 Å². The molecule has 56 valence electrons. The molecule has 1 saturated heterocycles. The molecule has 1 aliphatic rings. The van der Waals surface area contributed by atoms with Crippen LogP contribution in [-0.2, 0) is 4.79 Å². The van der Waals surface area contributed by atoms with Crippen molar-refractivity contribution in [2.24, 2.45) is 5.18 Å². The Labute approximate surface area is 59.2 Å². The summed E-state index contributed by atoms with van der Waals surface area (Å²) in [6, 6.07) is 0.0787. The number of likely N-dealkylation sites (tertiary alicyclic amines) is 1. The topological polar surface area (TPSA) is 49.7 Å². The predicted molar refractivity (Wildman–Crippen MR) is 36.5 cm³/mol. The van der Waals surface area contributed by atoms with Gasteiger partial charge in [-0.2, -0.15) is 4.91 Å². The Bertz CT molecular complexity index is 138. The van der Waals surface area contributed by atoms with Crippen molar-refractivity contribution >= 4 is 6.41 Å². The zero-order valence-electron chi connectivity index (χ0n) is 5.69. The quantitative estimate of drug-likeness (QED) is 0.422. The fourth-order valence-corrected chi connectivity index (χ4v) is 1.28. The van der Waals surface area contributed by atoms with Crippen molar-refractivity contribution in [3.8, 4) is 0 Å². The van der Waals surface area contributed by atoms with Crippen LogP contribution in [-0.4, -0.2) is 30.4 Å². The Kier molecular flexibility index (Phi) is 2.36. The van der Waals surface area contributed by atoms with Crippen LogP contribution in [0.4, 0.5) is 0 Å². The summed E-state index contributed by atoms with van der Waals surface area (Å²) in [5.41, 5.74) is 0. The minimum atomic E-state index is 0.0787. The number of nitroso groups, excluding NO2 is 1. The van der Waals surface area contributed by atoms with Crippen LogP contribution >= 0.6 is 0 Å². The molecule has 1 heterocycles. The van der Waals surface area contributed by atoms with Crippen molar-refractivity contribution in [3.63, 3.8) is 0 Å². The van der Waals surface area contributed by atoms with E-state index in [1.165, 1.54) is 0 Å². The Balaban J connectivity index is 2.41. The normalized spacial score (nSPS) is 24.8. The Morgan fingerprint density at radius 2 is 2.50 bits per heavy atom. The van der Waals surface area contributed by atoms with Crippen LogP contribution in [0.5, 0.6) is 0 Å². The molecular formula is C6H10N2O2. The third-order valence-corrected chi connectivity index (χ3v) is 1.84. The van der Waals surface area contributed by atoms with E-state index in [9.17, 15) is 9.70 Å². The first kappa shape index (κ1) is 7.18. The van der Waals surface area contributed by atoms with Crippen molar-refractivity contribution in [3.05, 3.63) is 4.91 Å². The zero-order valence-corrected chi connectivity index (χ0v) is 5.69. The molecule has 10 heavy (non-hydrogen) atoms. The van der Waals surface area contributed by atoms with Crippen LogP contribution in [0.25, 0.3) is 0 Å². The first-order valence-electron chi connectivity index (χ1n) is 3.38. The summed E-state index contributed by atoms with van der Waals surface area (Å²) in [4.78, 5) is 21.7. The van der Waals surface area contributed by atoms with Crippen LogP contribution in [0.1, 0.15) is 12.8 Å². The lowest BCUT2D eigenvalue weighted by Gasteiger charge is -2.15. The van der Waals surface area contributed by atoms with Gasteiger partial charge in [0.25, 0.3) is 0 Å². The molecule has 0 aromatic heterocycles. The maximum atomic E-state index is 10.3. The Morgan fingerprint density at radius 1 is 1.70 bits per heavy atom. The number of amides is 1. The summed E-state index contributed by atoms with van der Waals surface area (Å²) in [5.74, 6) is 0. The molecule has 1 rings (SSSR count). The summed E-state index contributed by atoms with van der Waals surface area (Å²) in [5, 5.41) is 2.77. The van der Waals surface area contributed by atoms with E-state index >= 15 is 0 Å². The standard InChI is InChI=1S/C6H10N2O2/c9-5-8-3-1-2-6(8)4-7-10/h5-6H,1-4H2. The van der Waals surface area contributed by atoms with Gasteiger partial charge >= 0.3 is 0 Å². The van der Waals surface area contributed by atoms with E-state index in [0.29, 0.717) is 0 Å². The molecule has 1 aliphatic heterocycles. The fraction of sp³-hybridized carbons (Fsp3) is 0.833. The molecule has 0 aromatic carbocycles. The molecule has 4 nitrogen and oxygen atoms in total. The molecule has 0 spiro atoms. The highest BCUT2D eigenvalue weighted by Crippen LogP contribution is 2.14. The summed E-state index contributed by atoms with van der Waals surface area (Å²) in [7, 11) is 0. The van der Waals surface area contributed by atoms with Crippen molar-refractivity contribution < 1.29 is 4.79 Å². The maximum Gasteiger partial charge on any atom is 0.210 e. The van der Waals surface area contributed by atoms with E-state index in [0.717, 1.165) is 25.8 Å². The lowest BCUT2D eigenvalue weighted by atomic mass is 10.2. The zero-order chi connectivity index (χ0) is 7.40. The summed E-state index contributed by atoms with van der Waals surface area (Å²) >= 11 is 0. The SMILES string of the molecule is O=CN1CCCC1CN=O. The van der Waals surface area contributed by atoms with Gasteiger partial charge in [-0.3, -0.25) is 4.79 Å². The predicted octanol–water partition coefficient (Wildman–Crippen LogP) is 0.374. The van der Waals surface area contributed by atoms with Gasteiger partial charge in [0.15, 0.2) is 0 Å². The fourth-order valence-electron chi connectivity index (χ4n) is 1.28. The lowest BCUT2D eigenvalue weighted by molar-refractivity contribution is -0.118. The largest absolute Gasteiger partial charge is 0.340 e. The van der Waals surface area contributed by atoms with Gasteiger partial charge in [0.05, 0.1) is 6.04 Å². The number of rotatable bonds is 3. The van der Waals surface area contributed by atoms with Crippen LogP contribution < -0.4 is 0 Å². The average molecular weight is 142 g/mol. The lowest BCUT2D eigenvalue weighted by Crippen LogP contribution is -2.29. The third-order valence-electron chi connectivity index (χ3n) is 1.84. The van der Waals surface area contributed by atoms with Gasteiger partial charge in [0.1, 0.15) is 6.54 Å². The summed E-state index contributed by atoms with van der Waals surface area (Å²) in [6.07, 6.45) is 2.71. The monoisotopic (exact) mass is 142 g/mol. The number of hydrogen-bond donors (Lipinski definition) is 0. The van der Waals surface area contributed by atoms with Crippen molar-refractivity contribution in [2.45, 2.75) is 18.9 Å². The smallest absolute Gasteiger partial charge is 0.210 e. The number of carbonyl (C=O) groups excluding carboxylic acids is 1. The minimum absolute atomic E-state index is 0.0787. The van der Waals surface area contributed by atoms with Crippen molar-refractivity contribution in [1.29, 1.82) is 0 Å². The van der Waals surface area contributed by atoms with Crippen LogP contribution in [0.3, 0.4) is 0 Å². The van der Waals surface area contributed by atoms with E-state index in [4.69, 9.17) is 0 Å². The molecule has 0 N–H and O–H groups in total. The Morgan fingerprint density at radius 3 is 3.10 bits per heavy atom. The van der Waals surface area contributed by atoms with Crippen LogP contribution in [0.2, 0.25) is 0 Å². The molecule has 1 fully saturated rings. The average Bonchev–Trinajstić information content (AvgIpc) is 2.36. The molecule has 0 aromatic rings. The van der Waals surface area contributed by atoms with E-state index in [1.807, 2.05) is 0 Å². The highest BCUT2D eigenvalue weighted by Gasteiger charge is 2.22. The first-order valence-corrected chi connectivity index (χ1v) is 3.38. The van der Waals surface area contributed by atoms with Gasteiger partial charge in [-0.15, -0.1) is 0 Å². The molecule has 4 heteroatoms. The first-order chi connectivity index (χ1) is 4.88. The van der Waals surface area contributed by atoms with E-state index < -0.39 is 0 Å². The summed E-state index contributed by atoms with van der Waals surface area (Å²) in [6.45, 7) is 1.03. The second-order valence-corrected chi connectivity index (χ2v) is 2.45. The molecule has 1 unspecified atom stereocenters. The van der Waals surface area contributed by atoms with Gasteiger partial charge in [-0.1, -0.05) is 5.18 Å². The molecule has 1 amide bonds. The van der Waals surface area contributed by atoms with Crippen molar-refractivity contribution in [1.82, 2.24) is 4.90 Å². The number of nitrogens with zero attached hydrogens (tertiary/aromatic N) is 2. The molecule has 0 aliphatic carbocycles. The second kappa shape index (κ2) is 3.29. The highest BCUT2D eigenvalue weighted by atomic mass is 16.3. The number of hydrogen-bond acceptors (Lipinski definition) is 3. The van der Waals surface area contributed by atoms with Gasteiger partial charge in [-0.05, 0) is 12.8 Å². The molecular weight excluding hydrogens is 132 g/mol. The summed E-state index contributed by atoms with van der Waals surface area (Å²) < 4.78 is 0. The molecule has 0 bridgehead atoms. The van der Waals surface area contributed by atoms with Gasteiger partial charge in [0.2, 0.25) is 6.41 Å². The molecule has 1 atom stereocenters. The van der Waals surface area contributed by atoms with Crippen LogP contribution in [0, 0.1) is 4.91 Å². The third kappa shape index (κ3) is 1.32. The molecule has 0 radical (unpaired) electrons. The second-order valence-electron chi connectivity index (χ2n) is 2.45. The van der Waals surface area contributed by atoms with E-state index in [1.54, 1.807) is 4.90 Å². The van der Waals surface area contributed by atoms with Gasteiger partial charge in [-0.25, -0.2) is 0 Å². The van der Waals surface area contributed by atoms with E-state index in [2.05, 4.69) is 5.18 Å². The Hall–Kier alpha value is -0.930. The van der Waals surface area contributed by atoms with E-state index in [-0.39, 0.29) is 12.6 Å².